The van der Waals surface area contributed by atoms with Gasteiger partial charge in [0.05, 0.1) is 30.6 Å². The van der Waals surface area contributed by atoms with Gasteiger partial charge in [-0.05, 0) is 13.8 Å². The number of carbonyl (C=O) groups is 1. The van der Waals surface area contributed by atoms with Crippen molar-refractivity contribution in [2.45, 2.75) is 38.3 Å². The normalized spacial score (nSPS) is 23.1. The first-order chi connectivity index (χ1) is 11.1. The molecule has 0 spiro atoms. The molecule has 3 unspecified atom stereocenters. The van der Waals surface area contributed by atoms with Crippen LogP contribution < -0.4 is 0 Å². The largest absolute Gasteiger partial charge is 0.490 e. The van der Waals surface area contributed by atoms with E-state index in [0.717, 1.165) is 18.8 Å². The smallest absolute Gasteiger partial charge is 0.475 e. The number of halogens is 3. The Kier molecular flexibility index (Phi) is 7.52. The van der Waals surface area contributed by atoms with Crippen molar-refractivity contribution in [2.75, 3.05) is 19.7 Å². The van der Waals surface area contributed by atoms with Gasteiger partial charge in [0.2, 0.25) is 0 Å². The number of hydrogen-bond acceptors (Lipinski definition) is 6. The molecule has 1 aliphatic rings. The van der Waals surface area contributed by atoms with E-state index >= 15 is 0 Å². The maximum atomic E-state index is 10.6. The van der Waals surface area contributed by atoms with Crippen molar-refractivity contribution in [3.8, 4) is 0 Å². The highest BCUT2D eigenvalue weighted by Crippen LogP contribution is 2.22. The number of carboxylic acids is 1. The Morgan fingerprint density at radius 2 is 2.08 bits per heavy atom. The van der Waals surface area contributed by atoms with Crippen LogP contribution in [0.5, 0.6) is 0 Å². The monoisotopic (exact) mass is 351 g/mol. The van der Waals surface area contributed by atoms with Crippen LogP contribution in [-0.2, 0) is 9.53 Å². The van der Waals surface area contributed by atoms with Gasteiger partial charge in [-0.25, -0.2) is 4.79 Å². The highest BCUT2D eigenvalue weighted by atomic mass is 19.4. The molecule has 0 amide bonds. The van der Waals surface area contributed by atoms with Crippen molar-refractivity contribution in [1.29, 1.82) is 0 Å². The number of nitrogens with zero attached hydrogens (tertiary/aromatic N) is 3. The van der Waals surface area contributed by atoms with Crippen LogP contribution in [0.2, 0.25) is 0 Å². The number of ether oxygens (including phenoxy) is 1. The number of carboxylic acid groups (broad SMARTS) is 1. The van der Waals surface area contributed by atoms with E-state index in [1.165, 1.54) is 0 Å². The number of aliphatic hydroxyl groups excluding tert-OH is 1. The van der Waals surface area contributed by atoms with Gasteiger partial charge in [0.25, 0.3) is 0 Å². The predicted octanol–water partition coefficient (Wildman–Crippen LogP) is 1.25. The Labute approximate surface area is 137 Å². The molecule has 1 fully saturated rings. The molecule has 136 valence electrons. The van der Waals surface area contributed by atoms with E-state index in [1.807, 2.05) is 6.92 Å². The lowest BCUT2D eigenvalue weighted by Gasteiger charge is -2.39. The van der Waals surface area contributed by atoms with Gasteiger partial charge in [-0.15, -0.1) is 0 Å². The number of aliphatic hydroxyl groups is 1. The molecule has 10 heteroatoms. The minimum Gasteiger partial charge on any atom is -0.475 e. The fourth-order valence-corrected chi connectivity index (χ4v) is 2.21. The van der Waals surface area contributed by atoms with E-state index in [0.29, 0.717) is 0 Å². The number of aromatic nitrogens is 2. The summed E-state index contributed by atoms with van der Waals surface area (Å²) in [5.74, 6) is -2.76. The molecule has 0 saturated carbocycles. The second kappa shape index (κ2) is 8.90. The molecule has 2 N–H and O–H groups in total. The van der Waals surface area contributed by atoms with Gasteiger partial charge in [0.15, 0.2) is 0 Å². The number of morpholine rings is 1. The lowest BCUT2D eigenvalue weighted by molar-refractivity contribution is -0.192. The van der Waals surface area contributed by atoms with Crippen molar-refractivity contribution < 1.29 is 32.9 Å². The minimum absolute atomic E-state index is 0.0635. The lowest BCUT2D eigenvalue weighted by atomic mass is 10.1. The zero-order valence-electron chi connectivity index (χ0n) is 13.3. The summed E-state index contributed by atoms with van der Waals surface area (Å²) in [5.41, 5.74) is 0.957. The zero-order chi connectivity index (χ0) is 18.3. The summed E-state index contributed by atoms with van der Waals surface area (Å²) >= 11 is 0. The highest BCUT2D eigenvalue weighted by Gasteiger charge is 2.38. The van der Waals surface area contributed by atoms with Gasteiger partial charge in [0.1, 0.15) is 0 Å². The molecule has 0 aromatic carbocycles. The molecule has 3 atom stereocenters. The quantitative estimate of drug-likeness (QED) is 0.846. The molecule has 2 heterocycles. The van der Waals surface area contributed by atoms with Crippen LogP contribution in [0, 0.1) is 0 Å². The third-order valence-corrected chi connectivity index (χ3v) is 3.36. The van der Waals surface area contributed by atoms with E-state index in [2.05, 4.69) is 21.8 Å². The average molecular weight is 351 g/mol. The van der Waals surface area contributed by atoms with Crippen molar-refractivity contribution >= 4 is 5.97 Å². The maximum absolute atomic E-state index is 10.6. The first-order valence-corrected chi connectivity index (χ1v) is 7.21. The van der Waals surface area contributed by atoms with Gasteiger partial charge in [-0.2, -0.15) is 13.2 Å². The number of alkyl halides is 3. The van der Waals surface area contributed by atoms with Crippen molar-refractivity contribution in [3.05, 3.63) is 24.3 Å². The first kappa shape index (κ1) is 20.3. The van der Waals surface area contributed by atoms with E-state index in [4.69, 9.17) is 14.6 Å². The van der Waals surface area contributed by atoms with Crippen molar-refractivity contribution in [2.24, 2.45) is 0 Å². The van der Waals surface area contributed by atoms with Crippen LogP contribution in [0.15, 0.2) is 18.6 Å². The summed E-state index contributed by atoms with van der Waals surface area (Å²) in [6, 6.07) is 0.198. The minimum atomic E-state index is -5.08. The van der Waals surface area contributed by atoms with Crippen LogP contribution in [0.3, 0.4) is 0 Å². The molecule has 0 radical (unpaired) electrons. The molecule has 1 aromatic rings. The topological polar surface area (TPSA) is 95.8 Å². The van der Waals surface area contributed by atoms with E-state index in [-0.39, 0.29) is 24.9 Å². The van der Waals surface area contributed by atoms with Gasteiger partial charge in [0, 0.05) is 31.7 Å². The number of aliphatic carboxylic acids is 1. The first-order valence-electron chi connectivity index (χ1n) is 7.21. The Balaban J connectivity index is 0.000000351. The van der Waals surface area contributed by atoms with E-state index < -0.39 is 12.1 Å². The molecule has 1 aromatic heterocycles. The predicted molar refractivity (Wildman–Crippen MR) is 77.1 cm³/mol. The zero-order valence-corrected chi connectivity index (χ0v) is 13.3. The molecular weight excluding hydrogens is 331 g/mol. The molecule has 2 rings (SSSR count). The van der Waals surface area contributed by atoms with Crippen LogP contribution >= 0.6 is 0 Å². The molecule has 0 aliphatic carbocycles. The fraction of sp³-hybridized carbons (Fsp3) is 0.643. The van der Waals surface area contributed by atoms with Gasteiger partial charge in [-0.3, -0.25) is 14.9 Å². The maximum Gasteiger partial charge on any atom is 0.490 e. The molecule has 7 nitrogen and oxygen atoms in total. The van der Waals surface area contributed by atoms with Crippen molar-refractivity contribution in [3.63, 3.8) is 0 Å². The standard InChI is InChI=1S/C12H19N3O2.C2HF3O2/c1-9-6-15(7-11(8-16)17-9)10(2)12-5-13-3-4-14-12;3-2(4,5)1(6)7/h3-5,9-11,16H,6-8H2,1-2H3;(H,6,7). The Morgan fingerprint density at radius 1 is 1.46 bits per heavy atom. The molecule has 24 heavy (non-hydrogen) atoms. The van der Waals surface area contributed by atoms with Crippen LogP contribution in [-0.4, -0.2) is 69.1 Å². The lowest BCUT2D eigenvalue weighted by Crippen LogP contribution is -2.48. The average Bonchev–Trinajstić information content (AvgIpc) is 2.54. The molecule has 1 saturated heterocycles. The van der Waals surface area contributed by atoms with Crippen LogP contribution in [0.4, 0.5) is 13.2 Å². The van der Waals surface area contributed by atoms with Crippen LogP contribution in [0.25, 0.3) is 0 Å². The Bertz CT molecular complexity index is 516. The van der Waals surface area contributed by atoms with E-state index in [1.54, 1.807) is 18.6 Å². The third-order valence-electron chi connectivity index (χ3n) is 3.36. The summed E-state index contributed by atoms with van der Waals surface area (Å²) < 4.78 is 37.4. The summed E-state index contributed by atoms with van der Waals surface area (Å²) in [6.45, 7) is 5.79. The summed E-state index contributed by atoms with van der Waals surface area (Å²) in [5, 5.41) is 16.3. The molecule has 0 bridgehead atoms. The molecule has 1 aliphatic heterocycles. The van der Waals surface area contributed by atoms with Crippen molar-refractivity contribution in [1.82, 2.24) is 14.9 Å². The fourth-order valence-electron chi connectivity index (χ4n) is 2.21. The van der Waals surface area contributed by atoms with Gasteiger partial charge < -0.3 is 14.9 Å². The Morgan fingerprint density at radius 3 is 2.54 bits per heavy atom. The number of rotatable bonds is 3. The third kappa shape index (κ3) is 6.38. The van der Waals surface area contributed by atoms with E-state index in [9.17, 15) is 18.3 Å². The van der Waals surface area contributed by atoms with Crippen LogP contribution in [0.1, 0.15) is 25.6 Å². The summed E-state index contributed by atoms with van der Waals surface area (Å²) in [4.78, 5) is 19.6. The second-order valence-corrected chi connectivity index (χ2v) is 5.31. The summed E-state index contributed by atoms with van der Waals surface area (Å²) in [7, 11) is 0. The SMILES string of the molecule is CC1CN(C(C)c2cnccn2)CC(CO)O1.O=C(O)C(F)(F)F. The summed E-state index contributed by atoms with van der Waals surface area (Å²) in [6.07, 6.45) is 0.130. The van der Waals surface area contributed by atoms with Gasteiger partial charge >= 0.3 is 12.1 Å². The highest BCUT2D eigenvalue weighted by molar-refractivity contribution is 5.73. The second-order valence-electron chi connectivity index (χ2n) is 5.31. The number of hydrogen-bond donors (Lipinski definition) is 2. The Hall–Kier alpha value is -1.78. The van der Waals surface area contributed by atoms with Gasteiger partial charge in [-0.1, -0.05) is 0 Å². The molecular formula is C14H20F3N3O4.